The van der Waals surface area contributed by atoms with Gasteiger partial charge < -0.3 is 14.5 Å². The number of carbonyl (C=O) groups is 1. The first-order valence-corrected chi connectivity index (χ1v) is 10.4. The third-order valence-electron chi connectivity index (χ3n) is 6.47. The number of rotatable bonds is 6. The standard InChI is InChI=1S/C22H35N3O2/c1-18(24-16-14-23(2)15-17-24)20-10-12-25(13-11-20)22(26)9-6-19-4-7-21(27-3)8-5-19/h4-5,7-8,18,20H,6,9-17H2,1-3H3. The minimum Gasteiger partial charge on any atom is -0.497 e. The van der Waals surface area contributed by atoms with Crippen molar-refractivity contribution in [2.24, 2.45) is 5.92 Å². The summed E-state index contributed by atoms with van der Waals surface area (Å²) < 4.78 is 5.19. The fourth-order valence-electron chi connectivity index (χ4n) is 4.36. The van der Waals surface area contributed by atoms with Crippen LogP contribution in [0.1, 0.15) is 31.7 Å². The number of hydrogen-bond acceptors (Lipinski definition) is 4. The molecule has 1 aromatic rings. The zero-order valence-electron chi connectivity index (χ0n) is 17.2. The second-order valence-corrected chi connectivity index (χ2v) is 8.15. The molecule has 5 nitrogen and oxygen atoms in total. The Balaban J connectivity index is 1.40. The number of benzene rings is 1. The maximum atomic E-state index is 12.6. The third-order valence-corrected chi connectivity index (χ3v) is 6.47. The lowest BCUT2D eigenvalue weighted by atomic mass is 9.89. The zero-order valence-corrected chi connectivity index (χ0v) is 17.2. The van der Waals surface area contributed by atoms with Gasteiger partial charge >= 0.3 is 0 Å². The van der Waals surface area contributed by atoms with Crippen molar-refractivity contribution in [3.05, 3.63) is 29.8 Å². The number of aryl methyl sites for hydroxylation is 1. The molecule has 1 unspecified atom stereocenters. The van der Waals surface area contributed by atoms with Crippen LogP contribution in [0.15, 0.2) is 24.3 Å². The van der Waals surface area contributed by atoms with Crippen LogP contribution in [0.25, 0.3) is 0 Å². The first-order chi connectivity index (χ1) is 13.1. The predicted molar refractivity (Wildman–Crippen MR) is 109 cm³/mol. The van der Waals surface area contributed by atoms with Crippen molar-refractivity contribution < 1.29 is 9.53 Å². The molecule has 2 saturated heterocycles. The molecule has 0 saturated carbocycles. The summed E-state index contributed by atoms with van der Waals surface area (Å²) in [5, 5.41) is 0. The molecule has 0 radical (unpaired) electrons. The highest BCUT2D eigenvalue weighted by molar-refractivity contribution is 5.76. The second-order valence-electron chi connectivity index (χ2n) is 8.15. The number of likely N-dealkylation sites (N-methyl/N-ethyl adjacent to an activating group) is 1. The van der Waals surface area contributed by atoms with Gasteiger partial charge in [0, 0.05) is 51.7 Å². The Labute approximate surface area is 164 Å². The van der Waals surface area contributed by atoms with Crippen molar-refractivity contribution in [3.63, 3.8) is 0 Å². The lowest BCUT2D eigenvalue weighted by Crippen LogP contribution is -2.52. The van der Waals surface area contributed by atoms with Gasteiger partial charge in [-0.15, -0.1) is 0 Å². The summed E-state index contributed by atoms with van der Waals surface area (Å²) >= 11 is 0. The van der Waals surface area contributed by atoms with Crippen LogP contribution in [0.5, 0.6) is 5.75 Å². The number of methoxy groups -OCH3 is 1. The van der Waals surface area contributed by atoms with E-state index in [0.717, 1.165) is 44.0 Å². The molecule has 0 bridgehead atoms. The predicted octanol–water partition coefficient (Wildman–Crippen LogP) is 2.50. The van der Waals surface area contributed by atoms with Gasteiger partial charge in [-0.05, 0) is 56.8 Å². The normalized spacial score (nSPS) is 21.2. The van der Waals surface area contributed by atoms with Gasteiger partial charge in [0.05, 0.1) is 7.11 Å². The van der Waals surface area contributed by atoms with Crippen LogP contribution in [-0.4, -0.2) is 80.1 Å². The SMILES string of the molecule is COc1ccc(CCC(=O)N2CCC(C(C)N3CCN(C)CC3)CC2)cc1. The Morgan fingerprint density at radius 2 is 1.70 bits per heavy atom. The molecule has 0 spiro atoms. The molecule has 2 aliphatic heterocycles. The van der Waals surface area contributed by atoms with Gasteiger partial charge in [-0.25, -0.2) is 0 Å². The Hall–Kier alpha value is -1.59. The van der Waals surface area contributed by atoms with Crippen LogP contribution in [0.3, 0.4) is 0 Å². The molecule has 1 atom stereocenters. The molecule has 1 amide bonds. The molecule has 27 heavy (non-hydrogen) atoms. The summed E-state index contributed by atoms with van der Waals surface area (Å²) in [6.45, 7) is 8.93. The number of likely N-dealkylation sites (tertiary alicyclic amines) is 1. The lowest BCUT2D eigenvalue weighted by Gasteiger charge is -2.42. The Morgan fingerprint density at radius 1 is 1.07 bits per heavy atom. The number of piperazine rings is 1. The second kappa shape index (κ2) is 9.56. The van der Waals surface area contributed by atoms with Crippen molar-refractivity contribution in [1.82, 2.24) is 14.7 Å². The Kier molecular flexibility index (Phi) is 7.13. The van der Waals surface area contributed by atoms with E-state index >= 15 is 0 Å². The maximum Gasteiger partial charge on any atom is 0.222 e. The van der Waals surface area contributed by atoms with Gasteiger partial charge in [0.2, 0.25) is 5.91 Å². The molecule has 2 fully saturated rings. The molecule has 5 heteroatoms. The highest BCUT2D eigenvalue weighted by Crippen LogP contribution is 2.25. The minimum absolute atomic E-state index is 0.302. The summed E-state index contributed by atoms with van der Waals surface area (Å²) in [4.78, 5) is 19.7. The number of hydrogen-bond donors (Lipinski definition) is 0. The summed E-state index contributed by atoms with van der Waals surface area (Å²) in [7, 11) is 3.88. The van der Waals surface area contributed by atoms with Crippen LogP contribution < -0.4 is 4.74 Å². The van der Waals surface area contributed by atoms with Crippen LogP contribution >= 0.6 is 0 Å². The highest BCUT2D eigenvalue weighted by Gasteiger charge is 2.30. The molecule has 150 valence electrons. The van der Waals surface area contributed by atoms with Crippen molar-refractivity contribution >= 4 is 5.91 Å². The van der Waals surface area contributed by atoms with E-state index in [9.17, 15) is 4.79 Å². The largest absolute Gasteiger partial charge is 0.497 e. The van der Waals surface area contributed by atoms with E-state index in [-0.39, 0.29) is 0 Å². The van der Waals surface area contributed by atoms with E-state index in [2.05, 4.69) is 40.8 Å². The summed E-state index contributed by atoms with van der Waals surface area (Å²) in [6.07, 6.45) is 3.69. The van der Waals surface area contributed by atoms with E-state index in [1.54, 1.807) is 7.11 Å². The number of ether oxygens (including phenoxy) is 1. The summed E-state index contributed by atoms with van der Waals surface area (Å²) in [6, 6.07) is 8.66. The highest BCUT2D eigenvalue weighted by atomic mass is 16.5. The molecule has 2 aliphatic rings. The van der Waals surface area contributed by atoms with E-state index in [0.29, 0.717) is 18.4 Å². The van der Waals surface area contributed by atoms with Gasteiger partial charge in [-0.3, -0.25) is 9.69 Å². The number of carbonyl (C=O) groups excluding carboxylic acids is 1. The van der Waals surface area contributed by atoms with Crippen LogP contribution in [0.2, 0.25) is 0 Å². The van der Waals surface area contributed by atoms with Crippen molar-refractivity contribution in [1.29, 1.82) is 0 Å². The minimum atomic E-state index is 0.302. The van der Waals surface area contributed by atoms with Gasteiger partial charge in [-0.1, -0.05) is 12.1 Å². The summed E-state index contributed by atoms with van der Waals surface area (Å²) in [5.41, 5.74) is 1.20. The Morgan fingerprint density at radius 3 is 2.30 bits per heavy atom. The van der Waals surface area contributed by atoms with E-state index < -0.39 is 0 Å². The molecule has 0 N–H and O–H groups in total. The molecule has 3 rings (SSSR count). The van der Waals surface area contributed by atoms with E-state index in [4.69, 9.17) is 4.74 Å². The summed E-state index contributed by atoms with van der Waals surface area (Å²) in [5.74, 6) is 1.89. The van der Waals surface area contributed by atoms with E-state index in [1.807, 2.05) is 12.1 Å². The molecule has 0 aliphatic carbocycles. The molecular weight excluding hydrogens is 338 g/mol. The fraction of sp³-hybridized carbons (Fsp3) is 0.682. The van der Waals surface area contributed by atoms with Gasteiger partial charge in [-0.2, -0.15) is 0 Å². The van der Waals surface area contributed by atoms with Crippen molar-refractivity contribution in [3.8, 4) is 5.75 Å². The molecule has 2 heterocycles. The van der Waals surface area contributed by atoms with Crippen molar-refractivity contribution in [2.45, 2.75) is 38.6 Å². The molecule has 0 aromatic heterocycles. The average molecular weight is 374 g/mol. The van der Waals surface area contributed by atoms with Gasteiger partial charge in [0.1, 0.15) is 5.75 Å². The third kappa shape index (κ3) is 5.45. The van der Waals surface area contributed by atoms with Gasteiger partial charge in [0.15, 0.2) is 0 Å². The van der Waals surface area contributed by atoms with Crippen molar-refractivity contribution in [2.75, 3.05) is 53.4 Å². The van der Waals surface area contributed by atoms with E-state index in [1.165, 1.54) is 31.7 Å². The zero-order chi connectivity index (χ0) is 19.2. The van der Waals surface area contributed by atoms with Crippen LogP contribution in [-0.2, 0) is 11.2 Å². The fourth-order valence-corrected chi connectivity index (χ4v) is 4.36. The molecule has 1 aromatic carbocycles. The quantitative estimate of drug-likeness (QED) is 0.768. The smallest absolute Gasteiger partial charge is 0.222 e. The first-order valence-electron chi connectivity index (χ1n) is 10.4. The Bertz CT molecular complexity index is 588. The maximum absolute atomic E-state index is 12.6. The first kappa shape index (κ1) is 20.2. The van der Waals surface area contributed by atoms with Gasteiger partial charge in [0.25, 0.3) is 0 Å². The van der Waals surface area contributed by atoms with Crippen LogP contribution in [0.4, 0.5) is 0 Å². The number of amides is 1. The lowest BCUT2D eigenvalue weighted by molar-refractivity contribution is -0.132. The molecular formula is C22H35N3O2. The van der Waals surface area contributed by atoms with Crippen LogP contribution in [0, 0.1) is 5.92 Å². The monoisotopic (exact) mass is 373 g/mol. The topological polar surface area (TPSA) is 36.0 Å². The average Bonchev–Trinajstić information content (AvgIpc) is 2.72. The number of nitrogens with zero attached hydrogens (tertiary/aromatic N) is 3. The number of piperidine rings is 1.